The summed E-state index contributed by atoms with van der Waals surface area (Å²) in [6, 6.07) is 7.41. The van der Waals surface area contributed by atoms with Gasteiger partial charge in [-0.2, -0.15) is 13.2 Å². The summed E-state index contributed by atoms with van der Waals surface area (Å²) in [6.45, 7) is 1.45. The van der Waals surface area contributed by atoms with E-state index in [1.54, 1.807) is 0 Å². The first-order chi connectivity index (χ1) is 14.5. The summed E-state index contributed by atoms with van der Waals surface area (Å²) in [4.78, 5) is 36.5. The van der Waals surface area contributed by atoms with Crippen LogP contribution in [0.15, 0.2) is 53.5 Å². The third-order valence-corrected chi connectivity index (χ3v) is 4.84. The third-order valence-electron chi connectivity index (χ3n) is 4.84. The summed E-state index contributed by atoms with van der Waals surface area (Å²) >= 11 is 0. The standard InChI is InChI=1S/C21H17F4N3O3/c1-11(19(26)30)28-9-8-12-13(20(28)31)4-2-7-17(12)27-18(29)10-14-15(21(23,24)25)5-3-6-16(14)22/h2-9,11H,10H2,1H3,(H2,26,30)(H,27,29)/t11-/m1/s1. The number of anilines is 1. The highest BCUT2D eigenvalue weighted by Gasteiger charge is 2.35. The van der Waals surface area contributed by atoms with Crippen LogP contribution < -0.4 is 16.6 Å². The number of carbonyl (C=O) groups excluding carboxylic acids is 2. The van der Waals surface area contributed by atoms with E-state index in [2.05, 4.69) is 5.32 Å². The van der Waals surface area contributed by atoms with E-state index in [1.165, 1.54) is 37.4 Å². The third kappa shape index (κ3) is 4.42. The maximum Gasteiger partial charge on any atom is 0.416 e. The molecule has 0 bridgehead atoms. The molecule has 0 aliphatic carbocycles. The van der Waals surface area contributed by atoms with Crippen molar-refractivity contribution in [2.75, 3.05) is 5.32 Å². The second-order valence-corrected chi connectivity index (χ2v) is 6.86. The predicted octanol–water partition coefficient (Wildman–Crippen LogP) is 3.39. The number of halogens is 4. The van der Waals surface area contributed by atoms with Crippen LogP contribution in [-0.4, -0.2) is 16.4 Å². The molecule has 0 aliphatic heterocycles. The molecule has 162 valence electrons. The van der Waals surface area contributed by atoms with Crippen molar-refractivity contribution in [1.82, 2.24) is 4.57 Å². The topological polar surface area (TPSA) is 94.2 Å². The van der Waals surface area contributed by atoms with E-state index in [1.807, 2.05) is 0 Å². The van der Waals surface area contributed by atoms with E-state index in [0.29, 0.717) is 11.5 Å². The number of benzene rings is 2. The Morgan fingerprint density at radius 3 is 2.42 bits per heavy atom. The Balaban J connectivity index is 1.95. The lowest BCUT2D eigenvalue weighted by molar-refractivity contribution is -0.138. The fraction of sp³-hybridized carbons (Fsp3) is 0.190. The zero-order chi connectivity index (χ0) is 22.9. The van der Waals surface area contributed by atoms with Gasteiger partial charge in [-0.25, -0.2) is 4.39 Å². The quantitative estimate of drug-likeness (QED) is 0.602. The Morgan fingerprint density at radius 2 is 1.77 bits per heavy atom. The summed E-state index contributed by atoms with van der Waals surface area (Å²) < 4.78 is 54.6. The van der Waals surface area contributed by atoms with E-state index in [4.69, 9.17) is 5.73 Å². The largest absolute Gasteiger partial charge is 0.416 e. The fourth-order valence-electron chi connectivity index (χ4n) is 3.20. The van der Waals surface area contributed by atoms with Crippen LogP contribution in [0.2, 0.25) is 0 Å². The molecule has 1 aromatic heterocycles. The van der Waals surface area contributed by atoms with Gasteiger partial charge in [0.2, 0.25) is 11.8 Å². The van der Waals surface area contributed by atoms with Gasteiger partial charge in [-0.15, -0.1) is 0 Å². The monoisotopic (exact) mass is 435 g/mol. The van der Waals surface area contributed by atoms with Gasteiger partial charge in [0.15, 0.2) is 0 Å². The van der Waals surface area contributed by atoms with Crippen molar-refractivity contribution in [2.24, 2.45) is 5.73 Å². The van der Waals surface area contributed by atoms with Crippen molar-refractivity contribution in [2.45, 2.75) is 25.6 Å². The van der Waals surface area contributed by atoms with Gasteiger partial charge in [-0.3, -0.25) is 14.4 Å². The molecule has 31 heavy (non-hydrogen) atoms. The molecule has 2 amide bonds. The maximum absolute atomic E-state index is 14.0. The Morgan fingerprint density at radius 1 is 1.10 bits per heavy atom. The average Bonchev–Trinajstić information content (AvgIpc) is 2.69. The number of alkyl halides is 3. The van der Waals surface area contributed by atoms with Crippen molar-refractivity contribution in [3.63, 3.8) is 0 Å². The number of carbonyl (C=O) groups is 2. The molecule has 3 N–H and O–H groups in total. The van der Waals surface area contributed by atoms with Crippen molar-refractivity contribution >= 4 is 28.3 Å². The lowest BCUT2D eigenvalue weighted by Crippen LogP contribution is -2.31. The second kappa shape index (κ2) is 8.21. The van der Waals surface area contributed by atoms with Gasteiger partial charge in [0.25, 0.3) is 5.56 Å². The molecular formula is C21H17F4N3O3. The zero-order valence-electron chi connectivity index (χ0n) is 16.2. The molecular weight excluding hydrogens is 418 g/mol. The number of nitrogens with zero attached hydrogens (tertiary/aromatic N) is 1. The van der Waals surface area contributed by atoms with Crippen LogP contribution >= 0.6 is 0 Å². The highest BCUT2D eigenvalue weighted by atomic mass is 19.4. The highest BCUT2D eigenvalue weighted by Crippen LogP contribution is 2.33. The second-order valence-electron chi connectivity index (χ2n) is 6.86. The molecule has 3 aromatic rings. The molecule has 0 fully saturated rings. The van der Waals surface area contributed by atoms with Gasteiger partial charge < -0.3 is 15.6 Å². The number of fused-ring (bicyclic) bond motifs is 1. The molecule has 0 unspecified atom stereocenters. The van der Waals surface area contributed by atoms with Crippen molar-refractivity contribution in [3.05, 3.63) is 76.0 Å². The number of amides is 2. The first-order valence-corrected chi connectivity index (χ1v) is 9.08. The molecule has 1 heterocycles. The minimum atomic E-state index is -4.82. The molecule has 2 aromatic carbocycles. The molecule has 0 saturated heterocycles. The maximum atomic E-state index is 14.0. The lowest BCUT2D eigenvalue weighted by atomic mass is 10.0. The van der Waals surface area contributed by atoms with Crippen molar-refractivity contribution in [3.8, 4) is 0 Å². The molecule has 6 nitrogen and oxygen atoms in total. The molecule has 0 aliphatic rings. The van der Waals surface area contributed by atoms with Gasteiger partial charge >= 0.3 is 6.18 Å². The predicted molar refractivity (Wildman–Crippen MR) is 106 cm³/mol. The van der Waals surface area contributed by atoms with Gasteiger partial charge in [0.05, 0.1) is 12.0 Å². The summed E-state index contributed by atoms with van der Waals surface area (Å²) in [5.41, 5.74) is 2.86. The highest BCUT2D eigenvalue weighted by molar-refractivity contribution is 6.02. The Bertz CT molecular complexity index is 1230. The van der Waals surface area contributed by atoms with Crippen LogP contribution in [0.4, 0.5) is 23.2 Å². The fourth-order valence-corrected chi connectivity index (χ4v) is 3.20. The van der Waals surface area contributed by atoms with Crippen LogP contribution in [0.1, 0.15) is 24.1 Å². The van der Waals surface area contributed by atoms with E-state index < -0.39 is 53.0 Å². The molecule has 10 heteroatoms. The van der Waals surface area contributed by atoms with Crippen LogP contribution in [0.5, 0.6) is 0 Å². The van der Waals surface area contributed by atoms with Crippen LogP contribution in [0.25, 0.3) is 10.8 Å². The summed E-state index contributed by atoms with van der Waals surface area (Å²) in [7, 11) is 0. The van der Waals surface area contributed by atoms with Crippen LogP contribution in [-0.2, 0) is 22.2 Å². The Hall–Kier alpha value is -3.69. The number of primary amides is 1. The summed E-state index contributed by atoms with van der Waals surface area (Å²) in [6.07, 6.45) is -4.35. The smallest absolute Gasteiger partial charge is 0.368 e. The van der Waals surface area contributed by atoms with E-state index in [9.17, 15) is 31.9 Å². The zero-order valence-corrected chi connectivity index (χ0v) is 16.2. The number of pyridine rings is 1. The van der Waals surface area contributed by atoms with Crippen molar-refractivity contribution < 1.29 is 27.2 Å². The molecule has 0 saturated carbocycles. The van der Waals surface area contributed by atoms with Gasteiger partial charge in [0.1, 0.15) is 11.9 Å². The number of hydrogen-bond donors (Lipinski definition) is 2. The molecule has 1 atom stereocenters. The van der Waals surface area contributed by atoms with E-state index in [0.717, 1.165) is 16.7 Å². The van der Waals surface area contributed by atoms with E-state index >= 15 is 0 Å². The van der Waals surface area contributed by atoms with Gasteiger partial charge in [-0.05, 0) is 37.3 Å². The summed E-state index contributed by atoms with van der Waals surface area (Å²) in [5.74, 6) is -2.75. The van der Waals surface area contributed by atoms with Crippen LogP contribution in [0.3, 0.4) is 0 Å². The molecule has 0 radical (unpaired) electrons. The number of nitrogens with two attached hydrogens (primary N) is 1. The number of nitrogens with one attached hydrogen (secondary N) is 1. The van der Waals surface area contributed by atoms with Crippen molar-refractivity contribution in [1.29, 1.82) is 0 Å². The van der Waals surface area contributed by atoms with Gasteiger partial charge in [0, 0.05) is 28.2 Å². The Labute approximate surface area is 173 Å². The SMILES string of the molecule is C[C@H](C(N)=O)n1ccc2c(NC(=O)Cc3c(F)cccc3C(F)(F)F)cccc2c1=O. The molecule has 3 rings (SSSR count). The number of aromatic nitrogens is 1. The van der Waals surface area contributed by atoms with Crippen LogP contribution in [0, 0.1) is 5.82 Å². The van der Waals surface area contributed by atoms with E-state index in [-0.39, 0.29) is 11.1 Å². The first-order valence-electron chi connectivity index (χ1n) is 9.08. The molecule has 0 spiro atoms. The summed E-state index contributed by atoms with van der Waals surface area (Å²) in [5, 5.41) is 2.89. The van der Waals surface area contributed by atoms with Gasteiger partial charge in [-0.1, -0.05) is 12.1 Å². The minimum Gasteiger partial charge on any atom is -0.368 e. The Kier molecular flexibility index (Phi) is 5.83. The number of hydrogen-bond acceptors (Lipinski definition) is 3. The number of rotatable bonds is 5. The lowest BCUT2D eigenvalue weighted by Gasteiger charge is -2.15. The minimum absolute atomic E-state index is 0.156. The first kappa shape index (κ1) is 22.0. The normalized spacial score (nSPS) is 12.5. The average molecular weight is 435 g/mol.